The molecule has 0 bridgehead atoms. The summed E-state index contributed by atoms with van der Waals surface area (Å²) in [5.41, 5.74) is 0.522. The van der Waals surface area contributed by atoms with Gasteiger partial charge in [0.25, 0.3) is 0 Å². The van der Waals surface area contributed by atoms with Gasteiger partial charge >= 0.3 is 0 Å². The lowest BCUT2D eigenvalue weighted by Gasteiger charge is -2.03. The molecule has 0 aliphatic heterocycles. The molecular formula is C9H5BrF2N2. The highest BCUT2D eigenvalue weighted by Crippen LogP contribution is 2.17. The van der Waals surface area contributed by atoms with Crippen molar-refractivity contribution in [2.24, 2.45) is 0 Å². The van der Waals surface area contributed by atoms with Gasteiger partial charge in [-0.25, -0.2) is 13.8 Å². The highest BCUT2D eigenvalue weighted by atomic mass is 79.9. The van der Waals surface area contributed by atoms with Gasteiger partial charge in [0.1, 0.15) is 0 Å². The van der Waals surface area contributed by atoms with E-state index in [-0.39, 0.29) is 0 Å². The molecule has 1 aromatic heterocycles. The fourth-order valence-corrected chi connectivity index (χ4v) is 1.55. The lowest BCUT2D eigenvalue weighted by molar-refractivity contribution is 0.508. The van der Waals surface area contributed by atoms with Crippen LogP contribution in [0.4, 0.5) is 8.78 Å². The SMILES string of the molecule is Fc1ccc(-n2ccnc2Br)cc1F. The molecule has 0 spiro atoms. The molecule has 0 amide bonds. The number of hydrogen-bond acceptors (Lipinski definition) is 1. The fraction of sp³-hybridized carbons (Fsp3) is 0. The topological polar surface area (TPSA) is 17.8 Å². The largest absolute Gasteiger partial charge is 0.294 e. The number of aromatic nitrogens is 2. The van der Waals surface area contributed by atoms with E-state index >= 15 is 0 Å². The van der Waals surface area contributed by atoms with Crippen LogP contribution in [0.5, 0.6) is 0 Å². The first-order chi connectivity index (χ1) is 6.68. The third-order valence-corrected chi connectivity index (χ3v) is 2.36. The summed E-state index contributed by atoms with van der Waals surface area (Å²) in [6, 6.07) is 3.67. The molecule has 0 atom stereocenters. The summed E-state index contributed by atoms with van der Waals surface area (Å²) < 4.78 is 27.7. The maximum atomic E-state index is 12.9. The molecule has 0 radical (unpaired) electrons. The maximum Gasteiger partial charge on any atom is 0.181 e. The van der Waals surface area contributed by atoms with Gasteiger partial charge < -0.3 is 0 Å². The van der Waals surface area contributed by atoms with E-state index in [1.54, 1.807) is 17.0 Å². The Morgan fingerprint density at radius 3 is 2.57 bits per heavy atom. The van der Waals surface area contributed by atoms with Crippen LogP contribution >= 0.6 is 15.9 Å². The predicted molar refractivity (Wildman–Crippen MR) is 51.2 cm³/mol. The van der Waals surface area contributed by atoms with Gasteiger partial charge in [-0.15, -0.1) is 0 Å². The van der Waals surface area contributed by atoms with Crippen molar-refractivity contribution in [3.8, 4) is 5.69 Å². The third-order valence-electron chi connectivity index (χ3n) is 1.78. The number of hydrogen-bond donors (Lipinski definition) is 0. The number of halogens is 3. The summed E-state index contributed by atoms with van der Waals surface area (Å²) in [5, 5.41) is 0. The molecule has 0 saturated heterocycles. The van der Waals surface area contributed by atoms with Crippen molar-refractivity contribution < 1.29 is 8.78 Å². The Bertz CT molecular complexity index is 468. The molecule has 0 N–H and O–H groups in total. The van der Waals surface area contributed by atoms with E-state index in [2.05, 4.69) is 20.9 Å². The summed E-state index contributed by atoms with van der Waals surface area (Å²) in [7, 11) is 0. The van der Waals surface area contributed by atoms with Gasteiger partial charge in [0, 0.05) is 18.5 Å². The Labute approximate surface area is 87.3 Å². The van der Waals surface area contributed by atoms with Crippen molar-refractivity contribution in [3.63, 3.8) is 0 Å². The van der Waals surface area contributed by atoms with E-state index in [4.69, 9.17) is 0 Å². The molecule has 2 aromatic rings. The molecule has 1 heterocycles. The minimum atomic E-state index is -0.872. The number of benzene rings is 1. The lowest BCUT2D eigenvalue weighted by Crippen LogP contribution is -1.94. The molecule has 0 aliphatic rings. The molecule has 0 saturated carbocycles. The Balaban J connectivity index is 2.53. The normalized spacial score (nSPS) is 10.5. The van der Waals surface area contributed by atoms with Gasteiger partial charge in [0.15, 0.2) is 16.4 Å². The highest BCUT2D eigenvalue weighted by Gasteiger charge is 2.05. The average molecular weight is 259 g/mol. The van der Waals surface area contributed by atoms with Crippen molar-refractivity contribution >= 4 is 15.9 Å². The van der Waals surface area contributed by atoms with Gasteiger partial charge in [-0.05, 0) is 28.1 Å². The van der Waals surface area contributed by atoms with Gasteiger partial charge in [-0.3, -0.25) is 4.57 Å². The van der Waals surface area contributed by atoms with Gasteiger partial charge in [0.2, 0.25) is 0 Å². The standard InChI is InChI=1S/C9H5BrF2N2/c10-9-13-3-4-14(9)6-1-2-7(11)8(12)5-6/h1-5H. The third kappa shape index (κ3) is 1.55. The van der Waals surface area contributed by atoms with Crippen molar-refractivity contribution in [1.82, 2.24) is 9.55 Å². The highest BCUT2D eigenvalue weighted by molar-refractivity contribution is 9.10. The van der Waals surface area contributed by atoms with Crippen LogP contribution in [-0.4, -0.2) is 9.55 Å². The van der Waals surface area contributed by atoms with Crippen molar-refractivity contribution in [3.05, 3.63) is 47.0 Å². The molecule has 0 fully saturated rings. The Morgan fingerprint density at radius 1 is 1.21 bits per heavy atom. The van der Waals surface area contributed by atoms with Crippen molar-refractivity contribution in [2.45, 2.75) is 0 Å². The Kier molecular flexibility index (Phi) is 2.33. The van der Waals surface area contributed by atoms with Crippen LogP contribution in [0.1, 0.15) is 0 Å². The molecule has 0 aliphatic carbocycles. The van der Waals surface area contributed by atoms with E-state index in [9.17, 15) is 8.78 Å². The second-order valence-corrected chi connectivity index (χ2v) is 3.37. The predicted octanol–water partition coefficient (Wildman–Crippen LogP) is 2.91. The van der Waals surface area contributed by atoms with E-state index in [1.807, 2.05) is 0 Å². The van der Waals surface area contributed by atoms with Crippen molar-refractivity contribution in [1.29, 1.82) is 0 Å². The summed E-state index contributed by atoms with van der Waals surface area (Å²) in [4.78, 5) is 3.91. The van der Waals surface area contributed by atoms with Gasteiger partial charge in [0.05, 0.1) is 5.69 Å². The molecule has 14 heavy (non-hydrogen) atoms. The minimum absolute atomic E-state index is 0.522. The van der Waals surface area contributed by atoms with E-state index in [0.717, 1.165) is 12.1 Å². The van der Waals surface area contributed by atoms with E-state index in [0.29, 0.717) is 10.4 Å². The quantitative estimate of drug-likeness (QED) is 0.769. The van der Waals surface area contributed by atoms with Gasteiger partial charge in [-0.1, -0.05) is 0 Å². The molecule has 2 nitrogen and oxygen atoms in total. The maximum absolute atomic E-state index is 12.9. The average Bonchev–Trinajstić information content (AvgIpc) is 2.57. The molecule has 2 rings (SSSR count). The smallest absolute Gasteiger partial charge is 0.181 e. The second-order valence-electron chi connectivity index (χ2n) is 2.66. The van der Waals surface area contributed by atoms with Crippen LogP contribution in [0, 0.1) is 11.6 Å². The second kappa shape index (κ2) is 3.49. The number of imidazole rings is 1. The van der Waals surface area contributed by atoms with Crippen LogP contribution in [0.3, 0.4) is 0 Å². The Morgan fingerprint density at radius 2 is 2.00 bits per heavy atom. The molecule has 0 unspecified atom stereocenters. The Hall–Kier alpha value is -1.23. The van der Waals surface area contributed by atoms with Crippen LogP contribution in [0.25, 0.3) is 5.69 Å². The first-order valence-electron chi connectivity index (χ1n) is 3.83. The van der Waals surface area contributed by atoms with Crippen LogP contribution in [0.2, 0.25) is 0 Å². The fourth-order valence-electron chi connectivity index (χ4n) is 1.11. The first kappa shape index (κ1) is 9.33. The van der Waals surface area contributed by atoms with Crippen LogP contribution in [0.15, 0.2) is 35.3 Å². The first-order valence-corrected chi connectivity index (χ1v) is 4.62. The summed E-state index contributed by atoms with van der Waals surface area (Å²) in [5.74, 6) is -1.73. The summed E-state index contributed by atoms with van der Waals surface area (Å²) in [6.45, 7) is 0. The van der Waals surface area contributed by atoms with Crippen molar-refractivity contribution in [2.75, 3.05) is 0 Å². The molecule has 72 valence electrons. The van der Waals surface area contributed by atoms with Crippen LogP contribution in [-0.2, 0) is 0 Å². The summed E-state index contributed by atoms with van der Waals surface area (Å²) >= 11 is 3.18. The number of rotatable bonds is 1. The lowest BCUT2D eigenvalue weighted by atomic mass is 10.3. The summed E-state index contributed by atoms with van der Waals surface area (Å²) in [6.07, 6.45) is 3.21. The molecular weight excluding hydrogens is 254 g/mol. The molecule has 5 heteroatoms. The zero-order valence-corrected chi connectivity index (χ0v) is 8.50. The number of nitrogens with zero attached hydrogens (tertiary/aromatic N) is 2. The van der Waals surface area contributed by atoms with Crippen LogP contribution < -0.4 is 0 Å². The molecule has 1 aromatic carbocycles. The zero-order valence-electron chi connectivity index (χ0n) is 6.92. The monoisotopic (exact) mass is 258 g/mol. The van der Waals surface area contributed by atoms with E-state index < -0.39 is 11.6 Å². The zero-order chi connectivity index (χ0) is 10.1. The minimum Gasteiger partial charge on any atom is -0.294 e. The van der Waals surface area contributed by atoms with Gasteiger partial charge in [-0.2, -0.15) is 0 Å². The van der Waals surface area contributed by atoms with E-state index in [1.165, 1.54) is 6.07 Å².